The van der Waals surface area contributed by atoms with Crippen molar-refractivity contribution in [3.63, 3.8) is 0 Å². The number of piperidine rings is 1. The highest BCUT2D eigenvalue weighted by Crippen LogP contribution is 2.45. The van der Waals surface area contributed by atoms with Crippen molar-refractivity contribution in [1.29, 1.82) is 0 Å². The maximum absolute atomic E-state index is 14.2. The number of halogens is 1. The van der Waals surface area contributed by atoms with Crippen LogP contribution in [0.4, 0.5) is 9.18 Å². The second-order valence-electron chi connectivity index (χ2n) is 10.4. The van der Waals surface area contributed by atoms with E-state index >= 15 is 0 Å². The van der Waals surface area contributed by atoms with Crippen molar-refractivity contribution in [3.05, 3.63) is 94.3 Å². The quantitative estimate of drug-likeness (QED) is 0.534. The summed E-state index contributed by atoms with van der Waals surface area (Å²) in [6.07, 6.45) is 0.264. The molecule has 5 nitrogen and oxygen atoms in total. The van der Waals surface area contributed by atoms with Crippen LogP contribution in [-0.2, 0) is 15.1 Å². The third-order valence-corrected chi connectivity index (χ3v) is 8.07. The lowest BCUT2D eigenvalue weighted by Gasteiger charge is -2.51. The number of carbonyl (C=O) groups excluding carboxylic acids is 1. The molecule has 0 saturated carbocycles. The van der Waals surface area contributed by atoms with E-state index in [1.54, 1.807) is 30.9 Å². The van der Waals surface area contributed by atoms with Crippen molar-refractivity contribution < 1.29 is 23.8 Å². The third-order valence-electron chi connectivity index (χ3n) is 8.07. The molecule has 2 heterocycles. The van der Waals surface area contributed by atoms with Gasteiger partial charge in [0.05, 0.1) is 30.9 Å². The Kier molecular flexibility index (Phi) is 5.61. The van der Waals surface area contributed by atoms with Crippen molar-refractivity contribution in [2.24, 2.45) is 0 Å². The molecule has 6 rings (SSSR count). The molecule has 0 radical (unpaired) electrons. The van der Waals surface area contributed by atoms with E-state index in [9.17, 15) is 14.3 Å². The van der Waals surface area contributed by atoms with Gasteiger partial charge in [0.25, 0.3) is 0 Å². The summed E-state index contributed by atoms with van der Waals surface area (Å²) in [5.74, 6) is -0.258. The van der Waals surface area contributed by atoms with Crippen molar-refractivity contribution in [1.82, 2.24) is 4.90 Å². The fraction of sp³-hybridized carbons (Fsp3) is 0.367. The number of aliphatic hydroxyl groups is 1. The first-order valence-electron chi connectivity index (χ1n) is 12.6. The summed E-state index contributed by atoms with van der Waals surface area (Å²) in [4.78, 5) is 15.2. The number of morpholine rings is 1. The van der Waals surface area contributed by atoms with Crippen molar-refractivity contribution in [2.45, 2.75) is 50.3 Å². The highest BCUT2D eigenvalue weighted by atomic mass is 19.1. The van der Waals surface area contributed by atoms with Gasteiger partial charge in [-0.1, -0.05) is 60.7 Å². The summed E-state index contributed by atoms with van der Waals surface area (Å²) >= 11 is 0. The fourth-order valence-electron chi connectivity index (χ4n) is 6.39. The molecule has 2 atom stereocenters. The van der Waals surface area contributed by atoms with Crippen LogP contribution in [0, 0.1) is 19.7 Å². The smallest absolute Gasteiger partial charge is 0.410 e. The number of rotatable bonds is 3. The molecule has 2 saturated heterocycles. The zero-order chi connectivity index (χ0) is 25.0. The molecule has 0 spiro atoms. The molecule has 1 N–H and O–H groups in total. The number of carbonyl (C=O) groups is 1. The Labute approximate surface area is 210 Å². The van der Waals surface area contributed by atoms with Crippen LogP contribution in [0.1, 0.15) is 46.6 Å². The molecule has 36 heavy (non-hydrogen) atoms. The Balaban J connectivity index is 1.21. The highest BCUT2D eigenvalue weighted by molar-refractivity contribution is 5.79. The molecule has 3 aromatic rings. The van der Waals surface area contributed by atoms with E-state index in [1.165, 1.54) is 22.3 Å². The number of nitrogens with zero attached hydrogens (tertiary/aromatic N) is 1. The van der Waals surface area contributed by atoms with Crippen LogP contribution in [0.2, 0.25) is 0 Å². The van der Waals surface area contributed by atoms with Crippen LogP contribution in [-0.4, -0.2) is 48.0 Å². The summed E-state index contributed by atoms with van der Waals surface area (Å²) in [7, 11) is 0. The molecule has 2 aliphatic heterocycles. The highest BCUT2D eigenvalue weighted by Gasteiger charge is 2.49. The number of hydrogen-bond acceptors (Lipinski definition) is 4. The average molecular weight is 488 g/mol. The molecule has 1 aliphatic carbocycles. The molecular formula is C30H30FNO4. The number of amides is 1. The maximum Gasteiger partial charge on any atom is 0.410 e. The van der Waals surface area contributed by atoms with Crippen LogP contribution >= 0.6 is 0 Å². The molecule has 6 heteroatoms. The molecule has 2 unspecified atom stereocenters. The minimum atomic E-state index is -1.15. The molecule has 2 fully saturated rings. The van der Waals surface area contributed by atoms with Gasteiger partial charge < -0.3 is 14.6 Å². The molecule has 3 aromatic carbocycles. The van der Waals surface area contributed by atoms with Gasteiger partial charge in [-0.2, -0.15) is 0 Å². The van der Waals surface area contributed by atoms with E-state index in [1.807, 2.05) is 24.3 Å². The van der Waals surface area contributed by atoms with Crippen LogP contribution in [0.3, 0.4) is 0 Å². The number of ether oxygens (including phenoxy) is 2. The topological polar surface area (TPSA) is 59.0 Å². The standard InChI is InChI=1S/C30H30FNO4/c1-18-11-20(12-19(2)28(18)31)30(34)13-21-15-35-16-22(14-30)32(21)29(33)36-17-27-25-9-5-3-7-23(25)24-8-4-6-10-26(24)27/h3-12,21-22,27,34H,13-17H2,1-2H3. The number of hydrogen-bond donors (Lipinski definition) is 1. The Hall–Kier alpha value is -3.22. The summed E-state index contributed by atoms with van der Waals surface area (Å²) in [6, 6.07) is 19.3. The predicted octanol–water partition coefficient (Wildman–Crippen LogP) is 5.44. The van der Waals surface area contributed by atoms with Gasteiger partial charge in [0.1, 0.15) is 12.4 Å². The average Bonchev–Trinajstić information content (AvgIpc) is 3.18. The van der Waals surface area contributed by atoms with Gasteiger partial charge in [-0.3, -0.25) is 4.90 Å². The minimum absolute atomic E-state index is 0.00988. The molecule has 0 aromatic heterocycles. The van der Waals surface area contributed by atoms with E-state index < -0.39 is 5.60 Å². The SMILES string of the molecule is Cc1cc(C2(O)CC3COCC(C2)N3C(=O)OCC2c3ccccc3-c3ccccc32)cc(C)c1F. The number of benzene rings is 3. The van der Waals surface area contributed by atoms with E-state index in [0.29, 0.717) is 42.7 Å². The van der Waals surface area contributed by atoms with E-state index in [4.69, 9.17) is 9.47 Å². The number of aryl methyl sites for hydroxylation is 2. The number of fused-ring (bicyclic) bond motifs is 5. The van der Waals surface area contributed by atoms with Gasteiger partial charge >= 0.3 is 6.09 Å². The van der Waals surface area contributed by atoms with Crippen LogP contribution in [0.15, 0.2) is 60.7 Å². The normalized spacial score (nSPS) is 24.8. The maximum atomic E-state index is 14.2. The Morgan fingerprint density at radius 2 is 1.53 bits per heavy atom. The lowest BCUT2D eigenvalue weighted by atomic mass is 9.76. The molecule has 1 amide bonds. The Morgan fingerprint density at radius 1 is 1.00 bits per heavy atom. The van der Waals surface area contributed by atoms with Crippen LogP contribution in [0.5, 0.6) is 0 Å². The van der Waals surface area contributed by atoms with E-state index in [-0.39, 0.29) is 36.5 Å². The van der Waals surface area contributed by atoms with Crippen molar-refractivity contribution in [2.75, 3.05) is 19.8 Å². The van der Waals surface area contributed by atoms with Crippen LogP contribution in [0.25, 0.3) is 11.1 Å². The first kappa shape index (κ1) is 23.2. The van der Waals surface area contributed by atoms with Gasteiger partial charge in [-0.25, -0.2) is 9.18 Å². The van der Waals surface area contributed by atoms with Crippen molar-refractivity contribution >= 4 is 6.09 Å². The molecule has 186 valence electrons. The van der Waals surface area contributed by atoms with E-state index in [0.717, 1.165) is 0 Å². The summed E-state index contributed by atoms with van der Waals surface area (Å²) in [6.45, 7) is 4.35. The molecule has 3 aliphatic rings. The van der Waals surface area contributed by atoms with Crippen molar-refractivity contribution in [3.8, 4) is 11.1 Å². The predicted molar refractivity (Wildman–Crippen MR) is 134 cm³/mol. The minimum Gasteiger partial charge on any atom is -0.448 e. The van der Waals surface area contributed by atoms with Gasteiger partial charge in [-0.15, -0.1) is 0 Å². The Morgan fingerprint density at radius 3 is 2.08 bits per heavy atom. The largest absolute Gasteiger partial charge is 0.448 e. The molecule has 2 bridgehead atoms. The second kappa shape index (κ2) is 8.71. The zero-order valence-corrected chi connectivity index (χ0v) is 20.5. The first-order chi connectivity index (χ1) is 17.4. The first-order valence-corrected chi connectivity index (χ1v) is 12.6. The lowest BCUT2D eigenvalue weighted by Crippen LogP contribution is -2.62. The van der Waals surface area contributed by atoms with Crippen LogP contribution < -0.4 is 0 Å². The van der Waals surface area contributed by atoms with Gasteiger partial charge in [0.2, 0.25) is 0 Å². The lowest BCUT2D eigenvalue weighted by molar-refractivity contribution is -0.136. The summed E-state index contributed by atoms with van der Waals surface area (Å²) < 4.78 is 25.9. The summed E-state index contributed by atoms with van der Waals surface area (Å²) in [5, 5.41) is 11.7. The Bertz CT molecular complexity index is 1260. The molecular weight excluding hydrogens is 457 g/mol. The van der Waals surface area contributed by atoms with Gasteiger partial charge in [0.15, 0.2) is 0 Å². The summed E-state index contributed by atoms with van der Waals surface area (Å²) in [5.41, 5.74) is 5.29. The second-order valence-corrected chi connectivity index (χ2v) is 10.4. The zero-order valence-electron chi connectivity index (χ0n) is 20.5. The third kappa shape index (κ3) is 3.71. The monoisotopic (exact) mass is 487 g/mol. The fourth-order valence-corrected chi connectivity index (χ4v) is 6.39. The van der Waals surface area contributed by atoms with Gasteiger partial charge in [0, 0.05) is 18.8 Å². The van der Waals surface area contributed by atoms with Gasteiger partial charge in [-0.05, 0) is 52.8 Å². The van der Waals surface area contributed by atoms with E-state index in [2.05, 4.69) is 24.3 Å².